The van der Waals surface area contributed by atoms with E-state index < -0.39 is 18.0 Å². The molecule has 6 heteroatoms. The van der Waals surface area contributed by atoms with E-state index in [9.17, 15) is 19.8 Å². The summed E-state index contributed by atoms with van der Waals surface area (Å²) in [6.07, 6.45) is 9.92. The van der Waals surface area contributed by atoms with Crippen LogP contribution in [0.3, 0.4) is 0 Å². The summed E-state index contributed by atoms with van der Waals surface area (Å²) < 4.78 is 0.327. The molecule has 0 spiro atoms. The highest BCUT2D eigenvalue weighted by molar-refractivity contribution is 5.90. The summed E-state index contributed by atoms with van der Waals surface area (Å²) in [5, 5.41) is 21.4. The molecule has 1 unspecified atom stereocenters. The van der Waals surface area contributed by atoms with Crippen LogP contribution in [-0.2, 0) is 9.59 Å². The van der Waals surface area contributed by atoms with Crippen LogP contribution in [0.1, 0.15) is 77.6 Å². The number of ketones is 1. The quantitative estimate of drug-likeness (QED) is 0.349. The minimum Gasteiger partial charge on any atom is -0.550 e. The van der Waals surface area contributed by atoms with E-state index in [0.29, 0.717) is 10.9 Å². The number of carboxylic acids is 1. The number of nitrogens with zero attached hydrogens (tertiary/aromatic N) is 1. The first-order valence-electron chi connectivity index (χ1n) is 9.37. The van der Waals surface area contributed by atoms with Crippen molar-refractivity contribution >= 4 is 11.8 Å². The Bertz CT molecular complexity index is 379. The van der Waals surface area contributed by atoms with Gasteiger partial charge in [-0.05, 0) is 6.42 Å². The molecule has 0 heterocycles. The predicted molar refractivity (Wildman–Crippen MR) is 97.9 cm³/mol. The second-order valence-electron chi connectivity index (χ2n) is 8.03. The molecule has 0 aromatic rings. The Morgan fingerprint density at radius 2 is 1.36 bits per heavy atom. The van der Waals surface area contributed by atoms with E-state index in [1.807, 2.05) is 21.1 Å². The molecule has 1 atom stereocenters. The molecule has 0 saturated carbocycles. The molecule has 6 nitrogen and oxygen atoms in total. The van der Waals surface area contributed by atoms with Crippen LogP contribution in [-0.4, -0.2) is 60.1 Å². The van der Waals surface area contributed by atoms with Gasteiger partial charge in [0.05, 0.1) is 21.1 Å². The van der Waals surface area contributed by atoms with Gasteiger partial charge in [-0.1, -0.05) is 58.3 Å². The van der Waals surface area contributed by atoms with Gasteiger partial charge in [0.25, 0.3) is 0 Å². The molecule has 150 valence electrons. The van der Waals surface area contributed by atoms with Crippen LogP contribution >= 0.6 is 0 Å². The van der Waals surface area contributed by atoms with E-state index in [1.165, 1.54) is 38.5 Å². The summed E-state index contributed by atoms with van der Waals surface area (Å²) in [6, 6.07) is 0. The number of carbonyl (C=O) groups is 2. The average Bonchev–Trinajstić information content (AvgIpc) is 2.42. The first kappa shape index (κ1) is 26.3. The Labute approximate surface area is 153 Å². The fraction of sp³-hybridized carbons (Fsp3) is 0.895. The SMILES string of the molecule is CCCCCCCCCCCC(=O)C(O)(CC(=O)[O-])C[N+](C)(C)C.O. The van der Waals surface area contributed by atoms with Crippen molar-refractivity contribution in [3.05, 3.63) is 0 Å². The Morgan fingerprint density at radius 3 is 1.76 bits per heavy atom. The van der Waals surface area contributed by atoms with E-state index in [1.54, 1.807) is 0 Å². The van der Waals surface area contributed by atoms with Crippen molar-refractivity contribution < 1.29 is 29.8 Å². The van der Waals surface area contributed by atoms with Gasteiger partial charge < -0.3 is 25.0 Å². The molecule has 0 radical (unpaired) electrons. The minimum atomic E-state index is -1.82. The Hall–Kier alpha value is -0.980. The molecule has 3 N–H and O–H groups in total. The molecule has 0 bridgehead atoms. The number of hydrogen-bond donors (Lipinski definition) is 1. The number of Topliss-reactive ketones (excluding diaryl/α,β-unsaturated/α-hetero) is 1. The maximum absolute atomic E-state index is 12.3. The normalized spacial score (nSPS) is 13.8. The number of carbonyl (C=O) groups excluding carboxylic acids is 2. The number of likely N-dealkylation sites (N-methyl/N-ethyl adjacent to an activating group) is 1. The van der Waals surface area contributed by atoms with Crippen molar-refractivity contribution in [1.82, 2.24) is 0 Å². The summed E-state index contributed by atoms with van der Waals surface area (Å²) in [5.74, 6) is -1.76. The van der Waals surface area contributed by atoms with Gasteiger partial charge in [0.1, 0.15) is 6.54 Å². The van der Waals surface area contributed by atoms with Crippen molar-refractivity contribution in [2.45, 2.75) is 83.2 Å². The smallest absolute Gasteiger partial charge is 0.177 e. The zero-order valence-corrected chi connectivity index (χ0v) is 16.6. The number of carboxylic acid groups (broad SMARTS) is 1. The fourth-order valence-corrected chi connectivity index (χ4v) is 3.10. The van der Waals surface area contributed by atoms with Crippen LogP contribution in [0.5, 0.6) is 0 Å². The van der Waals surface area contributed by atoms with E-state index in [-0.39, 0.29) is 24.2 Å². The minimum absolute atomic E-state index is 0. The second kappa shape index (κ2) is 13.3. The Kier molecular flexibility index (Phi) is 13.9. The summed E-state index contributed by atoms with van der Waals surface area (Å²) in [5.41, 5.74) is -1.82. The molecule has 0 aliphatic rings. The number of aliphatic carboxylic acids is 1. The van der Waals surface area contributed by atoms with Crippen LogP contribution in [0.2, 0.25) is 0 Å². The molecular weight excluding hydrogens is 322 g/mol. The fourth-order valence-electron chi connectivity index (χ4n) is 3.10. The predicted octanol–water partition coefficient (Wildman–Crippen LogP) is 1.23. The number of hydrogen-bond acceptors (Lipinski definition) is 4. The molecule has 0 rings (SSSR count). The summed E-state index contributed by atoms with van der Waals surface area (Å²) >= 11 is 0. The van der Waals surface area contributed by atoms with Gasteiger partial charge in [-0.15, -0.1) is 0 Å². The average molecular weight is 362 g/mol. The van der Waals surface area contributed by atoms with Gasteiger partial charge in [-0.2, -0.15) is 0 Å². The lowest BCUT2D eigenvalue weighted by Crippen LogP contribution is -2.56. The highest BCUT2D eigenvalue weighted by Gasteiger charge is 2.40. The molecule has 0 aliphatic heterocycles. The molecule has 25 heavy (non-hydrogen) atoms. The first-order valence-corrected chi connectivity index (χ1v) is 9.37. The van der Waals surface area contributed by atoms with Gasteiger partial charge in [0, 0.05) is 18.8 Å². The van der Waals surface area contributed by atoms with Gasteiger partial charge in [0.2, 0.25) is 0 Å². The Balaban J connectivity index is 0. The molecule has 0 saturated heterocycles. The maximum Gasteiger partial charge on any atom is 0.177 e. The largest absolute Gasteiger partial charge is 0.550 e. The van der Waals surface area contributed by atoms with Crippen molar-refractivity contribution in [2.24, 2.45) is 0 Å². The molecule has 0 amide bonds. The van der Waals surface area contributed by atoms with Gasteiger partial charge >= 0.3 is 0 Å². The summed E-state index contributed by atoms with van der Waals surface area (Å²) in [4.78, 5) is 23.2. The second-order valence-corrected chi connectivity index (χ2v) is 8.03. The van der Waals surface area contributed by atoms with Crippen molar-refractivity contribution in [1.29, 1.82) is 0 Å². The van der Waals surface area contributed by atoms with Crippen LogP contribution < -0.4 is 5.11 Å². The van der Waals surface area contributed by atoms with Crippen molar-refractivity contribution in [2.75, 3.05) is 27.7 Å². The standard InChI is InChI=1S/C19H37NO4.H2O/c1-5-6-7-8-9-10-11-12-13-14-17(21)19(24,15-18(22)23)16-20(2,3)4;/h24H,5-16H2,1-4H3;1H2. The van der Waals surface area contributed by atoms with Crippen LogP contribution in [0.25, 0.3) is 0 Å². The number of unbranched alkanes of at least 4 members (excludes halogenated alkanes) is 8. The molecule has 0 aliphatic carbocycles. The number of aliphatic hydroxyl groups is 1. The topological polar surface area (TPSA) is 109 Å². The van der Waals surface area contributed by atoms with E-state index in [2.05, 4.69) is 6.92 Å². The van der Waals surface area contributed by atoms with Crippen molar-refractivity contribution in [3.8, 4) is 0 Å². The number of quaternary nitrogens is 1. The highest BCUT2D eigenvalue weighted by Crippen LogP contribution is 2.19. The van der Waals surface area contributed by atoms with Gasteiger partial charge in [0.15, 0.2) is 11.4 Å². The third-order valence-corrected chi connectivity index (χ3v) is 4.20. The third kappa shape index (κ3) is 13.9. The lowest BCUT2D eigenvalue weighted by Gasteiger charge is -2.34. The van der Waals surface area contributed by atoms with Crippen molar-refractivity contribution in [3.63, 3.8) is 0 Å². The van der Waals surface area contributed by atoms with Gasteiger partial charge in [-0.25, -0.2) is 0 Å². The summed E-state index contributed by atoms with van der Waals surface area (Å²) in [7, 11) is 5.48. The van der Waals surface area contributed by atoms with E-state index >= 15 is 0 Å². The maximum atomic E-state index is 12.3. The summed E-state index contributed by atoms with van der Waals surface area (Å²) in [6.45, 7) is 2.29. The van der Waals surface area contributed by atoms with Crippen LogP contribution in [0, 0.1) is 0 Å². The molecular formula is C19H39NO5. The third-order valence-electron chi connectivity index (χ3n) is 4.20. The molecule has 0 aromatic carbocycles. The van der Waals surface area contributed by atoms with Crippen LogP contribution in [0.4, 0.5) is 0 Å². The zero-order chi connectivity index (χ0) is 18.6. The number of rotatable bonds is 15. The van der Waals surface area contributed by atoms with Gasteiger partial charge in [-0.3, -0.25) is 4.79 Å². The van der Waals surface area contributed by atoms with Crippen LogP contribution in [0.15, 0.2) is 0 Å². The van der Waals surface area contributed by atoms with E-state index in [4.69, 9.17) is 0 Å². The molecule has 0 aromatic heterocycles. The highest BCUT2D eigenvalue weighted by atomic mass is 16.4. The monoisotopic (exact) mass is 361 g/mol. The molecule has 0 fully saturated rings. The van der Waals surface area contributed by atoms with E-state index in [0.717, 1.165) is 12.8 Å². The lowest BCUT2D eigenvalue weighted by atomic mass is 9.89. The zero-order valence-electron chi connectivity index (χ0n) is 16.6. The Morgan fingerprint density at radius 1 is 0.920 bits per heavy atom. The lowest BCUT2D eigenvalue weighted by molar-refractivity contribution is -0.875. The first-order chi connectivity index (χ1) is 11.1.